The monoisotopic (exact) mass is 249 g/mol. The normalized spacial score (nSPS) is 12.1. The number of hydrogen-bond acceptors (Lipinski definition) is 3. The highest BCUT2D eigenvalue weighted by atomic mass is 16.5. The van der Waals surface area contributed by atoms with E-state index in [0.29, 0.717) is 19.0 Å². The molecule has 0 heterocycles. The summed E-state index contributed by atoms with van der Waals surface area (Å²) in [5.74, 6) is -0.162. The Morgan fingerprint density at radius 3 is 2.67 bits per heavy atom. The van der Waals surface area contributed by atoms with Crippen LogP contribution in [0, 0.1) is 0 Å². The van der Waals surface area contributed by atoms with Crippen LogP contribution in [-0.2, 0) is 9.53 Å². The molecular formula is C15H23NO2. The van der Waals surface area contributed by atoms with Crippen LogP contribution in [0.3, 0.4) is 0 Å². The Kier molecular flexibility index (Phi) is 7.11. The van der Waals surface area contributed by atoms with Gasteiger partial charge < -0.3 is 10.1 Å². The molecule has 0 aliphatic rings. The number of carbonyl (C=O) groups is 1. The predicted molar refractivity (Wildman–Crippen MR) is 73.3 cm³/mol. The summed E-state index contributed by atoms with van der Waals surface area (Å²) in [4.78, 5) is 11.1. The van der Waals surface area contributed by atoms with Crippen LogP contribution in [0.25, 0.3) is 0 Å². The number of esters is 1. The summed E-state index contributed by atoms with van der Waals surface area (Å²) in [6, 6.07) is 10.7. The van der Waals surface area contributed by atoms with Gasteiger partial charge in [0.05, 0.1) is 13.5 Å². The number of methoxy groups -OCH3 is 1. The predicted octanol–water partition coefficient (Wildman–Crippen LogP) is 3.07. The fraction of sp³-hybridized carbons (Fsp3) is 0.533. The first-order valence-electron chi connectivity index (χ1n) is 6.63. The van der Waals surface area contributed by atoms with Crippen molar-refractivity contribution in [3.8, 4) is 0 Å². The first kappa shape index (κ1) is 14.7. The third-order valence-electron chi connectivity index (χ3n) is 3.00. The van der Waals surface area contributed by atoms with E-state index in [1.807, 2.05) is 6.07 Å². The summed E-state index contributed by atoms with van der Waals surface area (Å²) in [6.45, 7) is 2.85. The second kappa shape index (κ2) is 8.70. The van der Waals surface area contributed by atoms with Crippen molar-refractivity contribution in [2.45, 2.75) is 38.6 Å². The first-order valence-corrected chi connectivity index (χ1v) is 6.63. The third-order valence-corrected chi connectivity index (χ3v) is 3.00. The topological polar surface area (TPSA) is 38.3 Å². The molecule has 0 saturated carbocycles. The quantitative estimate of drug-likeness (QED) is 0.720. The molecule has 1 aromatic carbocycles. The second-order valence-corrected chi connectivity index (χ2v) is 4.39. The third kappa shape index (κ3) is 5.32. The molecule has 3 nitrogen and oxygen atoms in total. The summed E-state index contributed by atoms with van der Waals surface area (Å²) in [7, 11) is 1.42. The summed E-state index contributed by atoms with van der Waals surface area (Å²) < 4.78 is 4.64. The van der Waals surface area contributed by atoms with Gasteiger partial charge in [-0.05, 0) is 12.0 Å². The van der Waals surface area contributed by atoms with Crippen LogP contribution in [0.15, 0.2) is 30.3 Å². The molecule has 18 heavy (non-hydrogen) atoms. The highest BCUT2D eigenvalue weighted by molar-refractivity contribution is 5.69. The van der Waals surface area contributed by atoms with E-state index in [-0.39, 0.29) is 5.97 Å². The van der Waals surface area contributed by atoms with Crippen LogP contribution in [0.4, 0.5) is 0 Å². The maximum absolute atomic E-state index is 11.1. The maximum atomic E-state index is 11.1. The van der Waals surface area contributed by atoms with Crippen molar-refractivity contribution in [1.29, 1.82) is 0 Å². The summed E-state index contributed by atoms with van der Waals surface area (Å²) in [5.41, 5.74) is 1.29. The minimum atomic E-state index is -0.162. The van der Waals surface area contributed by atoms with Crippen molar-refractivity contribution in [3.63, 3.8) is 0 Å². The molecule has 0 radical (unpaired) electrons. The van der Waals surface area contributed by atoms with Crippen molar-refractivity contribution < 1.29 is 9.53 Å². The van der Waals surface area contributed by atoms with Crippen LogP contribution >= 0.6 is 0 Å². The number of hydrogen-bond donors (Lipinski definition) is 1. The summed E-state index contributed by atoms with van der Waals surface area (Å²) in [5, 5.41) is 3.44. The lowest BCUT2D eigenvalue weighted by Gasteiger charge is -2.18. The molecule has 0 spiro atoms. The van der Waals surface area contributed by atoms with Gasteiger partial charge in [-0.25, -0.2) is 0 Å². The van der Waals surface area contributed by atoms with Gasteiger partial charge in [-0.1, -0.05) is 50.1 Å². The number of carbonyl (C=O) groups excluding carboxylic acids is 1. The van der Waals surface area contributed by atoms with Gasteiger partial charge in [-0.2, -0.15) is 0 Å². The zero-order chi connectivity index (χ0) is 13.2. The number of ether oxygens (including phenoxy) is 1. The molecule has 1 unspecified atom stereocenters. The fourth-order valence-electron chi connectivity index (χ4n) is 1.93. The van der Waals surface area contributed by atoms with Gasteiger partial charge in [0.15, 0.2) is 0 Å². The smallest absolute Gasteiger partial charge is 0.306 e. The second-order valence-electron chi connectivity index (χ2n) is 4.39. The van der Waals surface area contributed by atoms with E-state index in [9.17, 15) is 4.79 Å². The Labute approximate surface area is 110 Å². The largest absolute Gasteiger partial charge is 0.469 e. The SMILES string of the molecule is CCCCC(NCCC(=O)OC)c1ccccc1. The summed E-state index contributed by atoms with van der Waals surface area (Å²) >= 11 is 0. The van der Waals surface area contributed by atoms with E-state index in [4.69, 9.17) is 0 Å². The highest BCUT2D eigenvalue weighted by Gasteiger charge is 2.10. The van der Waals surface area contributed by atoms with Crippen LogP contribution < -0.4 is 5.32 Å². The standard InChI is InChI=1S/C15H23NO2/c1-3-4-10-14(13-8-6-5-7-9-13)16-12-11-15(17)18-2/h5-9,14,16H,3-4,10-12H2,1-2H3. The van der Waals surface area contributed by atoms with Gasteiger partial charge in [-0.3, -0.25) is 4.79 Å². The van der Waals surface area contributed by atoms with E-state index in [0.717, 1.165) is 6.42 Å². The number of benzene rings is 1. The van der Waals surface area contributed by atoms with E-state index >= 15 is 0 Å². The van der Waals surface area contributed by atoms with E-state index in [1.165, 1.54) is 25.5 Å². The van der Waals surface area contributed by atoms with E-state index < -0.39 is 0 Å². The minimum absolute atomic E-state index is 0.162. The van der Waals surface area contributed by atoms with Gasteiger partial charge >= 0.3 is 5.97 Å². The molecule has 0 saturated heterocycles. The first-order chi connectivity index (χ1) is 8.77. The van der Waals surface area contributed by atoms with Gasteiger partial charge in [0.1, 0.15) is 0 Å². The number of rotatable bonds is 8. The Morgan fingerprint density at radius 2 is 2.06 bits per heavy atom. The van der Waals surface area contributed by atoms with Crippen molar-refractivity contribution in [3.05, 3.63) is 35.9 Å². The number of nitrogens with one attached hydrogen (secondary N) is 1. The molecule has 1 rings (SSSR count). The van der Waals surface area contributed by atoms with E-state index in [1.54, 1.807) is 0 Å². The Hall–Kier alpha value is -1.35. The molecule has 1 aromatic rings. The zero-order valence-electron chi connectivity index (χ0n) is 11.3. The molecule has 3 heteroatoms. The average molecular weight is 249 g/mol. The van der Waals surface area contributed by atoms with Crippen molar-refractivity contribution in [2.24, 2.45) is 0 Å². The average Bonchev–Trinajstić information content (AvgIpc) is 2.43. The van der Waals surface area contributed by atoms with Crippen LogP contribution in [0.1, 0.15) is 44.2 Å². The van der Waals surface area contributed by atoms with Crippen LogP contribution in [0.2, 0.25) is 0 Å². The van der Waals surface area contributed by atoms with Crippen molar-refractivity contribution in [2.75, 3.05) is 13.7 Å². The lowest BCUT2D eigenvalue weighted by molar-refractivity contribution is -0.140. The van der Waals surface area contributed by atoms with E-state index in [2.05, 4.69) is 41.2 Å². The zero-order valence-corrected chi connectivity index (χ0v) is 11.3. The van der Waals surface area contributed by atoms with Crippen LogP contribution in [0.5, 0.6) is 0 Å². The fourth-order valence-corrected chi connectivity index (χ4v) is 1.93. The van der Waals surface area contributed by atoms with Crippen LogP contribution in [-0.4, -0.2) is 19.6 Å². The summed E-state index contributed by atoms with van der Waals surface area (Å²) in [6.07, 6.45) is 3.89. The maximum Gasteiger partial charge on any atom is 0.306 e. The molecule has 0 bridgehead atoms. The molecule has 1 atom stereocenters. The van der Waals surface area contributed by atoms with Gasteiger partial charge in [-0.15, -0.1) is 0 Å². The Morgan fingerprint density at radius 1 is 1.33 bits per heavy atom. The Balaban J connectivity index is 2.48. The van der Waals surface area contributed by atoms with Gasteiger partial charge in [0.2, 0.25) is 0 Å². The van der Waals surface area contributed by atoms with Crippen molar-refractivity contribution in [1.82, 2.24) is 5.32 Å². The molecule has 0 amide bonds. The molecule has 0 aliphatic heterocycles. The molecule has 0 aliphatic carbocycles. The Bertz CT molecular complexity index is 338. The molecule has 0 fully saturated rings. The molecule has 1 N–H and O–H groups in total. The molecule has 0 aromatic heterocycles. The number of unbranched alkanes of at least 4 members (excludes halogenated alkanes) is 1. The highest BCUT2D eigenvalue weighted by Crippen LogP contribution is 2.18. The minimum Gasteiger partial charge on any atom is -0.469 e. The lowest BCUT2D eigenvalue weighted by Crippen LogP contribution is -2.24. The molecule has 100 valence electrons. The lowest BCUT2D eigenvalue weighted by atomic mass is 10.0. The van der Waals surface area contributed by atoms with Crippen molar-refractivity contribution >= 4 is 5.97 Å². The van der Waals surface area contributed by atoms with Gasteiger partial charge in [0, 0.05) is 12.6 Å². The van der Waals surface area contributed by atoms with Gasteiger partial charge in [0.25, 0.3) is 0 Å². The molecular weight excluding hydrogens is 226 g/mol.